The fraction of sp³-hybridized carbons (Fsp3) is 0.0833. The van der Waals surface area contributed by atoms with Crippen LogP contribution < -0.4 is 5.56 Å². The minimum Gasteiger partial charge on any atom is -0.268 e. The van der Waals surface area contributed by atoms with E-state index in [1.54, 1.807) is 4.57 Å². The molecule has 0 unspecified atom stereocenters. The molecule has 0 spiro atoms. The van der Waals surface area contributed by atoms with E-state index in [0.717, 1.165) is 16.8 Å². The van der Waals surface area contributed by atoms with Crippen molar-refractivity contribution in [1.82, 2.24) is 9.55 Å². The molecule has 1 aromatic heterocycles. The van der Waals surface area contributed by atoms with Gasteiger partial charge in [-0.05, 0) is 49.2 Å². The van der Waals surface area contributed by atoms with Crippen LogP contribution in [0.3, 0.4) is 0 Å². The highest BCUT2D eigenvalue weighted by Crippen LogP contribution is 2.18. The average Bonchev–Trinajstić information content (AvgIpc) is 2.69. The molecule has 0 aliphatic carbocycles. The van der Waals surface area contributed by atoms with E-state index >= 15 is 0 Å². The van der Waals surface area contributed by atoms with E-state index in [1.165, 1.54) is 5.56 Å². The maximum absolute atomic E-state index is 13.2. The van der Waals surface area contributed by atoms with Gasteiger partial charge in [-0.15, -0.1) is 0 Å². The van der Waals surface area contributed by atoms with Crippen LogP contribution in [-0.2, 0) is 0 Å². The Morgan fingerprint density at radius 2 is 1.52 bits per heavy atom. The zero-order valence-electron chi connectivity index (χ0n) is 15.4. The summed E-state index contributed by atoms with van der Waals surface area (Å²) in [5, 5.41) is 0.619. The molecule has 0 bridgehead atoms. The van der Waals surface area contributed by atoms with Crippen LogP contribution >= 0.6 is 0 Å². The molecule has 0 aliphatic heterocycles. The molecule has 27 heavy (non-hydrogen) atoms. The molecule has 0 fully saturated rings. The first-order valence-corrected chi connectivity index (χ1v) is 8.96. The molecular formula is C24H20N2O. The quantitative estimate of drug-likeness (QED) is 0.510. The smallest absolute Gasteiger partial charge is 0.266 e. The third-order valence-electron chi connectivity index (χ3n) is 4.66. The van der Waals surface area contributed by atoms with Crippen molar-refractivity contribution in [2.45, 2.75) is 13.8 Å². The number of aryl methyl sites for hydroxylation is 2. The standard InChI is InChI=1S/C24H20N2O/c1-17-11-13-19(14-12-17)15-16-23-25-21-9-5-4-8-20(21)24(27)26(23)22-10-6-3-7-18(22)2/h3-16H,1-2H3. The zero-order valence-corrected chi connectivity index (χ0v) is 15.4. The lowest BCUT2D eigenvalue weighted by Gasteiger charge is -2.13. The van der Waals surface area contributed by atoms with Crippen molar-refractivity contribution in [1.29, 1.82) is 0 Å². The van der Waals surface area contributed by atoms with Crippen LogP contribution in [0.15, 0.2) is 77.6 Å². The molecule has 0 radical (unpaired) electrons. The zero-order chi connectivity index (χ0) is 18.8. The molecule has 0 atom stereocenters. The number of hydrogen-bond donors (Lipinski definition) is 0. The van der Waals surface area contributed by atoms with Crippen LogP contribution in [0.4, 0.5) is 0 Å². The molecule has 0 N–H and O–H groups in total. The molecule has 1 heterocycles. The summed E-state index contributed by atoms with van der Waals surface area (Å²) in [4.78, 5) is 18.0. The van der Waals surface area contributed by atoms with Gasteiger partial charge in [-0.3, -0.25) is 9.36 Å². The van der Waals surface area contributed by atoms with Gasteiger partial charge in [0.05, 0.1) is 16.6 Å². The Hall–Kier alpha value is -3.46. The summed E-state index contributed by atoms with van der Waals surface area (Å²) in [5.74, 6) is 0.619. The molecule has 4 rings (SSSR count). The maximum atomic E-state index is 13.2. The second kappa shape index (κ2) is 7.04. The highest BCUT2D eigenvalue weighted by Gasteiger charge is 2.12. The first-order chi connectivity index (χ1) is 13.1. The van der Waals surface area contributed by atoms with Gasteiger partial charge in [0.2, 0.25) is 0 Å². The topological polar surface area (TPSA) is 34.9 Å². The molecule has 0 saturated heterocycles. The number of para-hydroxylation sites is 2. The lowest BCUT2D eigenvalue weighted by atomic mass is 10.1. The molecule has 3 heteroatoms. The Morgan fingerprint density at radius 1 is 0.815 bits per heavy atom. The van der Waals surface area contributed by atoms with Gasteiger partial charge >= 0.3 is 0 Å². The van der Waals surface area contributed by atoms with Crippen LogP contribution in [0.25, 0.3) is 28.7 Å². The van der Waals surface area contributed by atoms with Crippen LogP contribution in [0.1, 0.15) is 22.5 Å². The van der Waals surface area contributed by atoms with Gasteiger partial charge in [-0.2, -0.15) is 0 Å². The van der Waals surface area contributed by atoms with Crippen LogP contribution in [-0.4, -0.2) is 9.55 Å². The Morgan fingerprint density at radius 3 is 2.30 bits per heavy atom. The van der Waals surface area contributed by atoms with Gasteiger partial charge in [0, 0.05) is 0 Å². The second-order valence-electron chi connectivity index (χ2n) is 6.66. The number of rotatable bonds is 3. The molecule has 4 aromatic rings. The molecule has 0 saturated carbocycles. The van der Waals surface area contributed by atoms with Crippen molar-refractivity contribution in [2.75, 3.05) is 0 Å². The molecule has 3 nitrogen and oxygen atoms in total. The SMILES string of the molecule is Cc1ccc(C=Cc2nc3ccccc3c(=O)n2-c2ccccc2C)cc1. The number of hydrogen-bond acceptors (Lipinski definition) is 2. The third kappa shape index (κ3) is 3.32. The second-order valence-corrected chi connectivity index (χ2v) is 6.66. The van der Waals surface area contributed by atoms with Crippen LogP contribution in [0, 0.1) is 13.8 Å². The van der Waals surface area contributed by atoms with Crippen molar-refractivity contribution >= 4 is 23.1 Å². The van der Waals surface area contributed by atoms with Crippen molar-refractivity contribution in [3.05, 3.63) is 106 Å². The molecule has 132 valence electrons. The Balaban J connectivity index is 1.95. The maximum Gasteiger partial charge on any atom is 0.266 e. The predicted octanol–water partition coefficient (Wildman–Crippen LogP) is 5.17. The van der Waals surface area contributed by atoms with Gasteiger partial charge in [-0.1, -0.05) is 66.2 Å². The summed E-state index contributed by atoms with van der Waals surface area (Å²) in [6, 6.07) is 23.6. The van der Waals surface area contributed by atoms with Crippen molar-refractivity contribution in [3.8, 4) is 5.69 Å². The molecule has 0 aliphatic rings. The van der Waals surface area contributed by atoms with Gasteiger partial charge in [-0.25, -0.2) is 4.98 Å². The summed E-state index contributed by atoms with van der Waals surface area (Å²) < 4.78 is 1.70. The first kappa shape index (κ1) is 17.0. The largest absolute Gasteiger partial charge is 0.268 e. The van der Waals surface area contributed by atoms with E-state index in [-0.39, 0.29) is 5.56 Å². The van der Waals surface area contributed by atoms with Crippen molar-refractivity contribution < 1.29 is 0 Å². The number of benzene rings is 3. The van der Waals surface area contributed by atoms with Crippen molar-refractivity contribution in [3.63, 3.8) is 0 Å². The van der Waals surface area contributed by atoms with Gasteiger partial charge in [0.25, 0.3) is 5.56 Å². The van der Waals surface area contributed by atoms with Crippen LogP contribution in [0.5, 0.6) is 0 Å². The van der Waals surface area contributed by atoms with Gasteiger partial charge in [0.1, 0.15) is 5.82 Å². The predicted molar refractivity (Wildman–Crippen MR) is 112 cm³/mol. The summed E-state index contributed by atoms with van der Waals surface area (Å²) in [7, 11) is 0. The summed E-state index contributed by atoms with van der Waals surface area (Å²) in [6.07, 6.45) is 3.90. The average molecular weight is 352 g/mol. The van der Waals surface area contributed by atoms with E-state index in [4.69, 9.17) is 4.98 Å². The Bertz CT molecular complexity index is 1200. The monoisotopic (exact) mass is 352 g/mol. The first-order valence-electron chi connectivity index (χ1n) is 8.96. The summed E-state index contributed by atoms with van der Waals surface area (Å²) >= 11 is 0. The lowest BCUT2D eigenvalue weighted by molar-refractivity contribution is 0.934. The van der Waals surface area contributed by atoms with E-state index < -0.39 is 0 Å². The Labute approximate surface area is 158 Å². The number of fused-ring (bicyclic) bond motifs is 1. The molecule has 3 aromatic carbocycles. The fourth-order valence-electron chi connectivity index (χ4n) is 3.16. The van der Waals surface area contributed by atoms with E-state index in [2.05, 4.69) is 31.2 Å². The van der Waals surface area contributed by atoms with E-state index in [1.807, 2.05) is 67.6 Å². The minimum atomic E-state index is -0.0570. The number of nitrogens with zero attached hydrogens (tertiary/aromatic N) is 2. The van der Waals surface area contributed by atoms with E-state index in [9.17, 15) is 4.79 Å². The molecule has 0 amide bonds. The normalized spacial score (nSPS) is 11.3. The number of aromatic nitrogens is 2. The highest BCUT2D eigenvalue weighted by molar-refractivity contribution is 5.80. The summed E-state index contributed by atoms with van der Waals surface area (Å²) in [6.45, 7) is 4.07. The summed E-state index contributed by atoms with van der Waals surface area (Å²) in [5.41, 5.74) is 4.81. The van der Waals surface area contributed by atoms with Crippen molar-refractivity contribution in [2.24, 2.45) is 0 Å². The lowest BCUT2D eigenvalue weighted by Crippen LogP contribution is -2.23. The molecular weight excluding hydrogens is 332 g/mol. The van der Waals surface area contributed by atoms with Gasteiger partial charge < -0.3 is 0 Å². The van der Waals surface area contributed by atoms with E-state index in [0.29, 0.717) is 16.7 Å². The van der Waals surface area contributed by atoms with Crippen LogP contribution in [0.2, 0.25) is 0 Å². The fourth-order valence-corrected chi connectivity index (χ4v) is 3.16. The minimum absolute atomic E-state index is 0.0570. The third-order valence-corrected chi connectivity index (χ3v) is 4.66. The van der Waals surface area contributed by atoms with Gasteiger partial charge in [0.15, 0.2) is 0 Å². The Kier molecular flexibility index (Phi) is 4.43. The highest BCUT2D eigenvalue weighted by atomic mass is 16.1.